The number of para-hydroxylation sites is 1. The maximum absolute atomic E-state index is 5.29. The van der Waals surface area contributed by atoms with E-state index in [-0.39, 0.29) is 0 Å². The van der Waals surface area contributed by atoms with E-state index in [1.807, 2.05) is 0 Å². The summed E-state index contributed by atoms with van der Waals surface area (Å²) in [6.45, 7) is 3.18. The molecule has 0 saturated carbocycles. The van der Waals surface area contributed by atoms with Crippen LogP contribution in [0.2, 0.25) is 0 Å². The maximum Gasteiger partial charge on any atom is 0.0507 e. The average Bonchev–Trinajstić information content (AvgIpc) is 2.39. The minimum absolute atomic E-state index is 0.678. The molecule has 1 heterocycles. The second kappa shape index (κ2) is 6.41. The Hall–Kier alpha value is -0.540. The van der Waals surface area contributed by atoms with Gasteiger partial charge in [0.25, 0.3) is 0 Å². The third kappa shape index (κ3) is 3.23. The van der Waals surface area contributed by atoms with Crippen molar-refractivity contribution in [1.82, 2.24) is 0 Å². The summed E-state index contributed by atoms with van der Waals surface area (Å²) in [7, 11) is 1.80. The molecule has 3 heteroatoms. The Balaban J connectivity index is 2.10. The average molecular weight is 298 g/mol. The molecule has 1 aliphatic rings. The number of ether oxygens (including phenoxy) is 1. The van der Waals surface area contributed by atoms with E-state index in [1.165, 1.54) is 30.6 Å². The van der Waals surface area contributed by atoms with Crippen molar-refractivity contribution in [3.8, 4) is 0 Å². The van der Waals surface area contributed by atoms with Gasteiger partial charge in [0.05, 0.1) is 6.61 Å². The number of rotatable bonds is 4. The predicted molar refractivity (Wildman–Crippen MR) is 75.9 cm³/mol. The number of hydrogen-bond acceptors (Lipinski definition) is 2. The van der Waals surface area contributed by atoms with Gasteiger partial charge >= 0.3 is 0 Å². The third-order valence-electron chi connectivity index (χ3n) is 3.40. The molecule has 1 aromatic rings. The first-order valence-corrected chi connectivity index (χ1v) is 7.35. The third-order valence-corrected chi connectivity index (χ3v) is 4.00. The van der Waals surface area contributed by atoms with E-state index in [0.29, 0.717) is 5.92 Å². The summed E-state index contributed by atoms with van der Waals surface area (Å²) in [5, 5.41) is 0.925. The van der Waals surface area contributed by atoms with Gasteiger partial charge in [0.15, 0.2) is 0 Å². The number of alkyl halides is 1. The highest BCUT2D eigenvalue weighted by Gasteiger charge is 2.21. The number of hydrogen-bond donors (Lipinski definition) is 0. The minimum atomic E-state index is 0.678. The van der Waals surface area contributed by atoms with Crippen LogP contribution in [0.15, 0.2) is 24.3 Å². The van der Waals surface area contributed by atoms with Crippen LogP contribution in [0.3, 0.4) is 0 Å². The molecule has 0 radical (unpaired) electrons. The van der Waals surface area contributed by atoms with E-state index < -0.39 is 0 Å². The van der Waals surface area contributed by atoms with Crippen LogP contribution in [-0.4, -0.2) is 26.8 Å². The second-order valence-electron chi connectivity index (χ2n) is 4.67. The standard InChI is InChI=1S/C14H20BrNO/c1-17-11-12-5-4-8-16(10-12)14-7-3-2-6-13(14)9-15/h2-3,6-7,12H,4-5,8-11H2,1H3. The molecule has 1 saturated heterocycles. The van der Waals surface area contributed by atoms with Crippen LogP contribution in [0.4, 0.5) is 5.69 Å². The summed E-state index contributed by atoms with van der Waals surface area (Å²) < 4.78 is 5.29. The van der Waals surface area contributed by atoms with Gasteiger partial charge in [-0.3, -0.25) is 0 Å². The number of methoxy groups -OCH3 is 1. The molecule has 1 fully saturated rings. The van der Waals surface area contributed by atoms with E-state index in [1.54, 1.807) is 7.11 Å². The Kier molecular flexibility index (Phi) is 4.86. The predicted octanol–water partition coefficient (Wildman–Crippen LogP) is 3.44. The topological polar surface area (TPSA) is 12.5 Å². The van der Waals surface area contributed by atoms with Crippen molar-refractivity contribution in [3.05, 3.63) is 29.8 Å². The molecule has 1 aromatic carbocycles. The van der Waals surface area contributed by atoms with Gasteiger partial charge in [-0.25, -0.2) is 0 Å². The highest BCUT2D eigenvalue weighted by atomic mass is 79.9. The molecule has 2 nitrogen and oxygen atoms in total. The normalized spacial score (nSPS) is 20.6. The van der Waals surface area contributed by atoms with Crippen molar-refractivity contribution < 1.29 is 4.74 Å². The number of halogens is 1. The molecule has 0 amide bonds. The second-order valence-corrected chi connectivity index (χ2v) is 5.23. The van der Waals surface area contributed by atoms with Crippen LogP contribution in [0.5, 0.6) is 0 Å². The zero-order valence-electron chi connectivity index (χ0n) is 10.4. The minimum Gasteiger partial charge on any atom is -0.384 e. The van der Waals surface area contributed by atoms with Crippen molar-refractivity contribution in [2.75, 3.05) is 31.7 Å². The summed E-state index contributed by atoms with van der Waals surface area (Å²) in [4.78, 5) is 2.50. The Morgan fingerprint density at radius 1 is 1.41 bits per heavy atom. The first kappa shape index (κ1) is 12.9. The molecule has 94 valence electrons. The van der Waals surface area contributed by atoms with E-state index in [9.17, 15) is 0 Å². The fourth-order valence-electron chi connectivity index (χ4n) is 2.59. The maximum atomic E-state index is 5.29. The van der Waals surface area contributed by atoms with Crippen molar-refractivity contribution in [2.45, 2.75) is 18.2 Å². The van der Waals surface area contributed by atoms with E-state index >= 15 is 0 Å². The molecular formula is C14H20BrNO. The Morgan fingerprint density at radius 3 is 3.00 bits per heavy atom. The number of nitrogens with zero attached hydrogens (tertiary/aromatic N) is 1. The summed E-state index contributed by atoms with van der Waals surface area (Å²) in [6.07, 6.45) is 2.56. The first-order valence-electron chi connectivity index (χ1n) is 6.23. The number of piperidine rings is 1. The number of benzene rings is 1. The molecule has 1 aliphatic heterocycles. The molecule has 17 heavy (non-hydrogen) atoms. The van der Waals surface area contributed by atoms with Crippen LogP contribution in [-0.2, 0) is 10.1 Å². The Labute approximate surface area is 112 Å². The van der Waals surface area contributed by atoms with Gasteiger partial charge in [-0.15, -0.1) is 0 Å². The van der Waals surface area contributed by atoms with Gasteiger partial charge in [-0.2, -0.15) is 0 Å². The molecule has 0 N–H and O–H groups in total. The van der Waals surface area contributed by atoms with Crippen LogP contribution in [0.1, 0.15) is 18.4 Å². The van der Waals surface area contributed by atoms with Crippen LogP contribution in [0.25, 0.3) is 0 Å². The van der Waals surface area contributed by atoms with E-state index in [4.69, 9.17) is 4.74 Å². The lowest BCUT2D eigenvalue weighted by molar-refractivity contribution is 0.143. The fraction of sp³-hybridized carbons (Fsp3) is 0.571. The van der Waals surface area contributed by atoms with Gasteiger partial charge in [0, 0.05) is 31.2 Å². The summed E-state index contributed by atoms with van der Waals surface area (Å²) in [5.74, 6) is 0.678. The molecular weight excluding hydrogens is 278 g/mol. The quantitative estimate of drug-likeness (QED) is 0.790. The SMILES string of the molecule is COCC1CCCN(c2ccccc2CBr)C1. The van der Waals surface area contributed by atoms with Gasteiger partial charge in [-0.05, 0) is 30.4 Å². The lowest BCUT2D eigenvalue weighted by Gasteiger charge is -2.35. The zero-order chi connectivity index (χ0) is 12.1. The highest BCUT2D eigenvalue weighted by molar-refractivity contribution is 9.08. The largest absolute Gasteiger partial charge is 0.384 e. The molecule has 1 unspecified atom stereocenters. The highest BCUT2D eigenvalue weighted by Crippen LogP contribution is 2.27. The summed E-state index contributed by atoms with van der Waals surface area (Å²) in [5.41, 5.74) is 2.76. The summed E-state index contributed by atoms with van der Waals surface area (Å²) >= 11 is 3.57. The van der Waals surface area contributed by atoms with Gasteiger partial charge in [0.2, 0.25) is 0 Å². The number of anilines is 1. The molecule has 0 bridgehead atoms. The van der Waals surface area contributed by atoms with Crippen LogP contribution in [0, 0.1) is 5.92 Å². The van der Waals surface area contributed by atoms with Crippen LogP contribution >= 0.6 is 15.9 Å². The molecule has 0 aliphatic carbocycles. The zero-order valence-corrected chi connectivity index (χ0v) is 11.9. The Bertz CT molecular complexity index is 354. The monoisotopic (exact) mass is 297 g/mol. The Morgan fingerprint density at radius 2 is 2.24 bits per heavy atom. The smallest absolute Gasteiger partial charge is 0.0507 e. The van der Waals surface area contributed by atoms with Gasteiger partial charge in [0.1, 0.15) is 0 Å². The molecule has 1 atom stereocenters. The van der Waals surface area contributed by atoms with Crippen molar-refractivity contribution >= 4 is 21.6 Å². The van der Waals surface area contributed by atoms with Gasteiger partial charge in [-0.1, -0.05) is 34.1 Å². The molecule has 2 rings (SSSR count). The van der Waals surface area contributed by atoms with Crippen LogP contribution < -0.4 is 4.90 Å². The molecule has 0 spiro atoms. The van der Waals surface area contributed by atoms with Gasteiger partial charge < -0.3 is 9.64 Å². The first-order chi connectivity index (χ1) is 8.35. The van der Waals surface area contributed by atoms with Crippen molar-refractivity contribution in [1.29, 1.82) is 0 Å². The molecule has 0 aromatic heterocycles. The van der Waals surface area contributed by atoms with Crippen molar-refractivity contribution in [2.24, 2.45) is 5.92 Å². The lowest BCUT2D eigenvalue weighted by atomic mass is 9.98. The van der Waals surface area contributed by atoms with Crippen molar-refractivity contribution in [3.63, 3.8) is 0 Å². The lowest BCUT2D eigenvalue weighted by Crippen LogP contribution is -2.37. The van der Waals surface area contributed by atoms with E-state index in [2.05, 4.69) is 45.1 Å². The summed E-state index contributed by atoms with van der Waals surface area (Å²) in [6, 6.07) is 8.66. The van der Waals surface area contributed by atoms with E-state index in [0.717, 1.165) is 18.5 Å². The fourth-order valence-corrected chi connectivity index (χ4v) is 3.06.